The Kier molecular flexibility index (Phi) is 4.66. The van der Waals surface area contributed by atoms with Crippen LogP contribution in [-0.4, -0.2) is 35.1 Å². The van der Waals surface area contributed by atoms with Crippen molar-refractivity contribution >= 4 is 16.9 Å². The molecule has 0 saturated carbocycles. The zero-order valence-corrected chi connectivity index (χ0v) is 13.7. The van der Waals surface area contributed by atoms with Crippen LogP contribution in [0.15, 0.2) is 33.8 Å². The number of hydrogen-bond acceptors (Lipinski definition) is 4. The lowest BCUT2D eigenvalue weighted by Gasteiger charge is -2.24. The van der Waals surface area contributed by atoms with E-state index < -0.39 is 11.6 Å². The fourth-order valence-corrected chi connectivity index (χ4v) is 3.53. The minimum Gasteiger partial charge on any atom is -0.356 e. The van der Waals surface area contributed by atoms with E-state index in [9.17, 15) is 8.78 Å². The summed E-state index contributed by atoms with van der Waals surface area (Å²) >= 11 is 1.58. The van der Waals surface area contributed by atoms with Crippen LogP contribution in [0.25, 0.3) is 11.3 Å². The first kappa shape index (κ1) is 16.0. The number of hydrogen-bond donors (Lipinski definition) is 0. The van der Waals surface area contributed by atoms with Crippen molar-refractivity contribution in [3.63, 3.8) is 0 Å². The molecule has 0 N–H and O–H groups in total. The van der Waals surface area contributed by atoms with Crippen molar-refractivity contribution in [2.45, 2.75) is 18.9 Å². The second kappa shape index (κ2) is 6.70. The third-order valence-electron chi connectivity index (χ3n) is 3.94. The average molecular weight is 337 g/mol. The zero-order valence-electron chi connectivity index (χ0n) is 12.9. The molecule has 0 aliphatic carbocycles. The van der Waals surface area contributed by atoms with E-state index in [4.69, 9.17) is 4.52 Å². The molecule has 0 radical (unpaired) electrons. The standard InChI is InChI=1S/C16H17F2N3OS/c1-19-16(23-2)21-7-3-4-14(21)13-9-15(22-20-13)11-8-10(17)5-6-12(11)18/h5-6,8-9,14H,3-4,7H2,1-2H3/t14-/m1/s1. The van der Waals surface area contributed by atoms with Gasteiger partial charge in [-0.05, 0) is 37.3 Å². The van der Waals surface area contributed by atoms with Crippen LogP contribution in [0.3, 0.4) is 0 Å². The topological polar surface area (TPSA) is 41.6 Å². The fraction of sp³-hybridized carbons (Fsp3) is 0.375. The number of aliphatic imine (C=N–C) groups is 1. The molecule has 122 valence electrons. The Morgan fingerprint density at radius 3 is 2.96 bits per heavy atom. The monoisotopic (exact) mass is 337 g/mol. The number of rotatable bonds is 2. The quantitative estimate of drug-likeness (QED) is 0.611. The highest BCUT2D eigenvalue weighted by molar-refractivity contribution is 8.13. The molecule has 1 atom stereocenters. The maximum atomic E-state index is 13.9. The van der Waals surface area contributed by atoms with E-state index in [2.05, 4.69) is 15.0 Å². The lowest BCUT2D eigenvalue weighted by molar-refractivity contribution is 0.361. The SMILES string of the molecule is CN=C(SC)N1CCC[C@@H]1c1cc(-c2cc(F)ccc2F)on1. The largest absolute Gasteiger partial charge is 0.356 e. The van der Waals surface area contributed by atoms with Gasteiger partial charge >= 0.3 is 0 Å². The zero-order chi connectivity index (χ0) is 16.4. The number of benzene rings is 1. The van der Waals surface area contributed by atoms with Crippen LogP contribution in [0.4, 0.5) is 8.78 Å². The van der Waals surface area contributed by atoms with Crippen molar-refractivity contribution in [2.75, 3.05) is 19.8 Å². The number of likely N-dealkylation sites (tertiary alicyclic amines) is 1. The van der Waals surface area contributed by atoms with Gasteiger partial charge in [-0.2, -0.15) is 0 Å². The summed E-state index contributed by atoms with van der Waals surface area (Å²) < 4.78 is 32.5. The molecular weight excluding hydrogens is 320 g/mol. The van der Waals surface area contributed by atoms with Crippen molar-refractivity contribution in [1.29, 1.82) is 0 Å². The number of aromatic nitrogens is 1. The van der Waals surface area contributed by atoms with Crippen molar-refractivity contribution in [3.05, 3.63) is 41.6 Å². The van der Waals surface area contributed by atoms with Crippen molar-refractivity contribution < 1.29 is 13.3 Å². The van der Waals surface area contributed by atoms with Gasteiger partial charge in [-0.25, -0.2) is 8.78 Å². The summed E-state index contributed by atoms with van der Waals surface area (Å²) in [6, 6.07) is 5.03. The van der Waals surface area contributed by atoms with Crippen LogP contribution in [0.2, 0.25) is 0 Å². The molecule has 0 spiro atoms. The van der Waals surface area contributed by atoms with Crippen molar-refractivity contribution in [2.24, 2.45) is 4.99 Å². The maximum Gasteiger partial charge on any atom is 0.170 e. The van der Waals surface area contributed by atoms with Gasteiger partial charge < -0.3 is 9.42 Å². The Morgan fingerprint density at radius 1 is 1.39 bits per heavy atom. The Morgan fingerprint density at radius 2 is 2.22 bits per heavy atom. The summed E-state index contributed by atoms with van der Waals surface area (Å²) in [5.74, 6) is -0.801. The number of nitrogens with zero attached hydrogens (tertiary/aromatic N) is 3. The molecule has 0 unspecified atom stereocenters. The fourth-order valence-electron chi connectivity index (χ4n) is 2.90. The minimum atomic E-state index is -0.530. The van der Waals surface area contributed by atoms with Gasteiger partial charge in [0.15, 0.2) is 10.9 Å². The first-order chi connectivity index (χ1) is 11.1. The molecule has 4 nitrogen and oxygen atoms in total. The molecule has 0 amide bonds. The van der Waals surface area contributed by atoms with Gasteiger partial charge in [0.05, 0.1) is 11.6 Å². The highest BCUT2D eigenvalue weighted by Gasteiger charge is 2.31. The van der Waals surface area contributed by atoms with Crippen LogP contribution < -0.4 is 0 Å². The highest BCUT2D eigenvalue weighted by Crippen LogP contribution is 2.35. The molecular formula is C16H17F2N3OS. The summed E-state index contributed by atoms with van der Waals surface area (Å²) in [5.41, 5.74) is 0.805. The highest BCUT2D eigenvalue weighted by atomic mass is 32.2. The number of thioether (sulfide) groups is 1. The van der Waals surface area contributed by atoms with Crippen molar-refractivity contribution in [1.82, 2.24) is 10.1 Å². The molecule has 1 aliphatic rings. The van der Waals surface area contributed by atoms with Crippen LogP contribution in [-0.2, 0) is 0 Å². The Hall–Kier alpha value is -1.89. The van der Waals surface area contributed by atoms with E-state index in [-0.39, 0.29) is 17.4 Å². The number of amidine groups is 1. The normalized spacial score (nSPS) is 18.7. The first-order valence-corrected chi connectivity index (χ1v) is 8.56. The average Bonchev–Trinajstić information content (AvgIpc) is 3.20. The van der Waals surface area contributed by atoms with Gasteiger partial charge in [0.2, 0.25) is 0 Å². The molecule has 23 heavy (non-hydrogen) atoms. The van der Waals surface area contributed by atoms with Crippen LogP contribution in [0.1, 0.15) is 24.6 Å². The predicted octanol–water partition coefficient (Wildman–Crippen LogP) is 4.11. The van der Waals surface area contributed by atoms with Gasteiger partial charge in [-0.3, -0.25) is 4.99 Å². The smallest absolute Gasteiger partial charge is 0.170 e. The molecule has 1 fully saturated rings. The maximum absolute atomic E-state index is 13.9. The Labute approximate surface area is 137 Å². The van der Waals surface area contributed by atoms with E-state index in [0.717, 1.165) is 48.4 Å². The van der Waals surface area contributed by atoms with Gasteiger partial charge in [-0.1, -0.05) is 16.9 Å². The van der Waals surface area contributed by atoms with E-state index >= 15 is 0 Å². The van der Waals surface area contributed by atoms with E-state index in [1.54, 1.807) is 24.9 Å². The summed E-state index contributed by atoms with van der Waals surface area (Å²) in [4.78, 5) is 6.47. The lowest BCUT2D eigenvalue weighted by Crippen LogP contribution is -2.28. The van der Waals surface area contributed by atoms with E-state index in [1.807, 2.05) is 6.26 Å². The molecule has 3 rings (SSSR count). The summed E-state index contributed by atoms with van der Waals surface area (Å²) in [5, 5.41) is 5.02. The summed E-state index contributed by atoms with van der Waals surface area (Å²) in [6.45, 7) is 0.898. The summed E-state index contributed by atoms with van der Waals surface area (Å²) in [7, 11) is 1.76. The van der Waals surface area contributed by atoms with E-state index in [0.29, 0.717) is 0 Å². The second-order valence-electron chi connectivity index (χ2n) is 5.30. The molecule has 2 aromatic rings. The van der Waals surface area contributed by atoms with E-state index in [1.165, 1.54) is 0 Å². The molecule has 0 bridgehead atoms. The van der Waals surface area contributed by atoms with Gasteiger partial charge in [0, 0.05) is 19.7 Å². The second-order valence-corrected chi connectivity index (χ2v) is 6.08. The summed E-state index contributed by atoms with van der Waals surface area (Å²) in [6.07, 6.45) is 3.94. The Bertz CT molecular complexity index is 732. The minimum absolute atomic E-state index is 0.0512. The molecule has 7 heteroatoms. The van der Waals surface area contributed by atoms with Gasteiger partial charge in [0.1, 0.15) is 17.3 Å². The third kappa shape index (κ3) is 3.10. The third-order valence-corrected chi connectivity index (χ3v) is 4.72. The first-order valence-electron chi connectivity index (χ1n) is 7.33. The Balaban J connectivity index is 1.91. The number of halogens is 2. The van der Waals surface area contributed by atoms with Crippen LogP contribution >= 0.6 is 11.8 Å². The lowest BCUT2D eigenvalue weighted by atomic mass is 10.1. The molecule has 1 aromatic carbocycles. The molecule has 1 aromatic heterocycles. The van der Waals surface area contributed by atoms with Gasteiger partial charge in [-0.15, -0.1) is 0 Å². The van der Waals surface area contributed by atoms with Crippen LogP contribution in [0.5, 0.6) is 0 Å². The van der Waals surface area contributed by atoms with Gasteiger partial charge in [0.25, 0.3) is 0 Å². The molecule has 1 saturated heterocycles. The van der Waals surface area contributed by atoms with Crippen molar-refractivity contribution in [3.8, 4) is 11.3 Å². The van der Waals surface area contributed by atoms with Crippen LogP contribution in [0, 0.1) is 11.6 Å². The molecule has 1 aliphatic heterocycles. The molecule has 2 heterocycles. The predicted molar refractivity (Wildman–Crippen MR) is 87.4 cm³/mol.